The van der Waals surface area contributed by atoms with Gasteiger partial charge in [0, 0.05) is 6.61 Å². The Balaban J connectivity index is 1.60. The Kier molecular flexibility index (Phi) is 2.73. The second kappa shape index (κ2) is 4.06. The molecule has 1 N–H and O–H groups in total. The number of hydrogen-bond acceptors (Lipinski definition) is 2. The maximum Gasteiger partial charge on any atom is 0.0685 e. The maximum absolute atomic E-state index is 6.00. The molecule has 0 bridgehead atoms. The molecule has 2 aliphatic heterocycles. The van der Waals surface area contributed by atoms with Gasteiger partial charge >= 0.3 is 0 Å². The van der Waals surface area contributed by atoms with Crippen molar-refractivity contribution in [2.45, 2.75) is 50.5 Å². The van der Waals surface area contributed by atoms with E-state index >= 15 is 0 Å². The van der Waals surface area contributed by atoms with E-state index in [-0.39, 0.29) is 0 Å². The molecule has 2 saturated heterocycles. The summed E-state index contributed by atoms with van der Waals surface area (Å²) in [5.41, 5.74) is 0.348. The summed E-state index contributed by atoms with van der Waals surface area (Å²) in [5, 5.41) is 3.55. The summed E-state index contributed by atoms with van der Waals surface area (Å²) in [6.07, 6.45) is 9.58. The van der Waals surface area contributed by atoms with Crippen molar-refractivity contribution in [2.75, 3.05) is 19.7 Å². The van der Waals surface area contributed by atoms with Gasteiger partial charge < -0.3 is 10.1 Å². The molecule has 3 fully saturated rings. The largest absolute Gasteiger partial charge is 0.375 e. The van der Waals surface area contributed by atoms with Crippen LogP contribution in [0.1, 0.15) is 44.9 Å². The first-order valence-corrected chi connectivity index (χ1v) is 6.73. The Morgan fingerprint density at radius 3 is 2.67 bits per heavy atom. The molecule has 0 radical (unpaired) electrons. The zero-order chi connectivity index (χ0) is 10.1. The highest BCUT2D eigenvalue weighted by Crippen LogP contribution is 2.46. The smallest absolute Gasteiger partial charge is 0.0685 e. The molecule has 3 rings (SSSR count). The lowest BCUT2D eigenvalue weighted by Gasteiger charge is -2.49. The van der Waals surface area contributed by atoms with E-state index in [1.807, 2.05) is 0 Å². The third-order valence-corrected chi connectivity index (χ3v) is 4.80. The van der Waals surface area contributed by atoms with Gasteiger partial charge in [-0.25, -0.2) is 0 Å². The Morgan fingerprint density at radius 2 is 2.00 bits per heavy atom. The molecule has 2 unspecified atom stereocenters. The van der Waals surface area contributed by atoms with Gasteiger partial charge in [-0.15, -0.1) is 0 Å². The van der Waals surface area contributed by atoms with E-state index in [0.717, 1.165) is 18.4 Å². The van der Waals surface area contributed by atoms with Crippen molar-refractivity contribution in [2.24, 2.45) is 11.8 Å². The van der Waals surface area contributed by atoms with Gasteiger partial charge in [-0.1, -0.05) is 0 Å². The fourth-order valence-corrected chi connectivity index (χ4v) is 3.67. The van der Waals surface area contributed by atoms with Crippen molar-refractivity contribution in [3.8, 4) is 0 Å². The van der Waals surface area contributed by atoms with Crippen LogP contribution < -0.4 is 5.32 Å². The summed E-state index contributed by atoms with van der Waals surface area (Å²) in [5.74, 6) is 1.90. The third kappa shape index (κ3) is 1.94. The molecular weight excluding hydrogens is 186 g/mol. The molecule has 86 valence electrons. The summed E-state index contributed by atoms with van der Waals surface area (Å²) in [6, 6.07) is 0. The summed E-state index contributed by atoms with van der Waals surface area (Å²) in [6.45, 7) is 3.53. The van der Waals surface area contributed by atoms with Gasteiger partial charge in [0.25, 0.3) is 0 Å². The molecule has 1 saturated carbocycles. The topological polar surface area (TPSA) is 21.3 Å². The maximum atomic E-state index is 6.00. The third-order valence-electron chi connectivity index (χ3n) is 4.80. The molecule has 1 spiro atoms. The second-order valence-corrected chi connectivity index (χ2v) is 5.74. The fourth-order valence-electron chi connectivity index (χ4n) is 3.67. The van der Waals surface area contributed by atoms with Crippen LogP contribution in [0.3, 0.4) is 0 Å². The highest BCUT2D eigenvalue weighted by molar-refractivity contribution is 4.95. The first-order valence-electron chi connectivity index (χ1n) is 6.73. The first-order chi connectivity index (χ1) is 7.38. The van der Waals surface area contributed by atoms with E-state index in [4.69, 9.17) is 4.74 Å². The van der Waals surface area contributed by atoms with Gasteiger partial charge in [-0.05, 0) is 69.9 Å². The molecule has 2 heterocycles. The van der Waals surface area contributed by atoms with Gasteiger partial charge in [0.1, 0.15) is 0 Å². The van der Waals surface area contributed by atoms with Gasteiger partial charge in [-0.3, -0.25) is 0 Å². The standard InChI is InChI=1S/C13H23NO/c1-3-12(10-14-7-1)11-4-8-15-13(9-11)5-2-6-13/h11-12,14H,1-10H2. The monoisotopic (exact) mass is 209 g/mol. The van der Waals surface area contributed by atoms with Crippen molar-refractivity contribution in [1.82, 2.24) is 5.32 Å². The highest BCUT2D eigenvalue weighted by Gasteiger charge is 2.44. The molecule has 0 amide bonds. The molecule has 2 nitrogen and oxygen atoms in total. The van der Waals surface area contributed by atoms with Crippen LogP contribution in [0.15, 0.2) is 0 Å². The molecule has 0 aromatic carbocycles. The minimum Gasteiger partial charge on any atom is -0.375 e. The van der Waals surface area contributed by atoms with E-state index < -0.39 is 0 Å². The number of hydrogen-bond donors (Lipinski definition) is 1. The van der Waals surface area contributed by atoms with Crippen molar-refractivity contribution in [3.05, 3.63) is 0 Å². The van der Waals surface area contributed by atoms with E-state index in [2.05, 4.69) is 5.32 Å². The van der Waals surface area contributed by atoms with Gasteiger partial charge in [0.15, 0.2) is 0 Å². The number of ether oxygens (including phenoxy) is 1. The number of nitrogens with one attached hydrogen (secondary N) is 1. The van der Waals surface area contributed by atoms with Crippen LogP contribution in [-0.4, -0.2) is 25.3 Å². The lowest BCUT2D eigenvalue weighted by Crippen LogP contribution is -2.48. The second-order valence-electron chi connectivity index (χ2n) is 5.74. The lowest BCUT2D eigenvalue weighted by atomic mass is 9.68. The van der Waals surface area contributed by atoms with Crippen LogP contribution in [-0.2, 0) is 4.74 Å². The molecule has 1 aliphatic carbocycles. The zero-order valence-corrected chi connectivity index (χ0v) is 9.63. The number of piperidine rings is 1. The SMILES string of the molecule is C1CNCC(C2CCOC3(CCC3)C2)C1. The van der Waals surface area contributed by atoms with Crippen LogP contribution in [0, 0.1) is 11.8 Å². The molecule has 0 aromatic heterocycles. The lowest BCUT2D eigenvalue weighted by molar-refractivity contribution is -0.150. The highest BCUT2D eigenvalue weighted by atomic mass is 16.5. The fraction of sp³-hybridized carbons (Fsp3) is 1.00. The minimum atomic E-state index is 0.348. The van der Waals surface area contributed by atoms with Crippen LogP contribution in [0.4, 0.5) is 0 Å². The minimum absolute atomic E-state index is 0.348. The average Bonchev–Trinajstić information content (AvgIpc) is 2.28. The van der Waals surface area contributed by atoms with Crippen LogP contribution in [0.5, 0.6) is 0 Å². The summed E-state index contributed by atoms with van der Waals surface area (Å²) in [4.78, 5) is 0. The zero-order valence-electron chi connectivity index (χ0n) is 9.63. The van der Waals surface area contributed by atoms with Crippen molar-refractivity contribution >= 4 is 0 Å². The Labute approximate surface area is 92.8 Å². The summed E-state index contributed by atoms with van der Waals surface area (Å²) < 4.78 is 6.00. The van der Waals surface area contributed by atoms with Crippen LogP contribution in [0.2, 0.25) is 0 Å². The van der Waals surface area contributed by atoms with Crippen molar-refractivity contribution < 1.29 is 4.74 Å². The Hall–Kier alpha value is -0.0800. The van der Waals surface area contributed by atoms with Gasteiger partial charge in [0.05, 0.1) is 5.60 Å². The normalized spacial score (nSPS) is 40.0. The predicted octanol–water partition coefficient (Wildman–Crippen LogP) is 2.34. The quantitative estimate of drug-likeness (QED) is 0.715. The Bertz CT molecular complexity index is 219. The molecule has 15 heavy (non-hydrogen) atoms. The van der Waals surface area contributed by atoms with E-state index in [1.165, 1.54) is 58.0 Å². The molecule has 2 atom stereocenters. The predicted molar refractivity (Wildman–Crippen MR) is 60.9 cm³/mol. The summed E-state index contributed by atoms with van der Waals surface area (Å²) in [7, 11) is 0. The average molecular weight is 209 g/mol. The van der Waals surface area contributed by atoms with Crippen LogP contribution >= 0.6 is 0 Å². The van der Waals surface area contributed by atoms with Gasteiger partial charge in [0.2, 0.25) is 0 Å². The van der Waals surface area contributed by atoms with Crippen molar-refractivity contribution in [3.63, 3.8) is 0 Å². The van der Waals surface area contributed by atoms with E-state index in [9.17, 15) is 0 Å². The van der Waals surface area contributed by atoms with E-state index in [0.29, 0.717) is 5.60 Å². The number of rotatable bonds is 1. The molecule has 3 aliphatic rings. The molecular formula is C13H23NO. The molecule has 0 aromatic rings. The first kappa shape index (κ1) is 10.1. The van der Waals surface area contributed by atoms with Gasteiger partial charge in [-0.2, -0.15) is 0 Å². The molecule has 2 heteroatoms. The van der Waals surface area contributed by atoms with Crippen LogP contribution in [0.25, 0.3) is 0 Å². The Morgan fingerprint density at radius 1 is 1.07 bits per heavy atom. The van der Waals surface area contributed by atoms with Crippen molar-refractivity contribution in [1.29, 1.82) is 0 Å². The summed E-state index contributed by atoms with van der Waals surface area (Å²) >= 11 is 0. The van der Waals surface area contributed by atoms with E-state index in [1.54, 1.807) is 0 Å².